The third kappa shape index (κ3) is 1.87. The third-order valence-electron chi connectivity index (χ3n) is 4.72. The van der Waals surface area contributed by atoms with E-state index in [0.717, 1.165) is 23.8 Å². The predicted octanol–water partition coefficient (Wildman–Crippen LogP) is 2.66. The van der Waals surface area contributed by atoms with Crippen molar-refractivity contribution < 1.29 is 9.84 Å². The Morgan fingerprint density at radius 1 is 1.44 bits per heavy atom. The first-order valence-corrected chi connectivity index (χ1v) is 6.79. The molecule has 98 valence electrons. The van der Waals surface area contributed by atoms with Crippen LogP contribution < -0.4 is 10.1 Å². The van der Waals surface area contributed by atoms with E-state index in [2.05, 4.69) is 5.32 Å². The Morgan fingerprint density at radius 2 is 2.33 bits per heavy atom. The smallest absolute Gasteiger partial charge is 0.120 e. The minimum absolute atomic E-state index is 0.102. The highest BCUT2D eigenvalue weighted by atomic mass is 16.5. The molecule has 2 saturated carbocycles. The zero-order valence-corrected chi connectivity index (χ0v) is 10.9. The van der Waals surface area contributed by atoms with Crippen LogP contribution in [0.5, 0.6) is 5.75 Å². The molecule has 2 bridgehead atoms. The van der Waals surface area contributed by atoms with Crippen molar-refractivity contribution >= 4 is 5.69 Å². The predicted molar refractivity (Wildman–Crippen MR) is 71.9 cm³/mol. The maximum atomic E-state index is 9.83. The number of rotatable bonds is 4. The Bertz CT molecular complexity index is 434. The number of methoxy groups -OCH3 is 1. The average molecular weight is 247 g/mol. The first-order chi connectivity index (χ1) is 8.75. The zero-order chi connectivity index (χ0) is 12.6. The molecule has 2 fully saturated rings. The summed E-state index contributed by atoms with van der Waals surface area (Å²) in [6.07, 6.45) is 4.97. The minimum Gasteiger partial charge on any atom is -0.497 e. The molecule has 0 spiro atoms. The zero-order valence-electron chi connectivity index (χ0n) is 10.9. The lowest BCUT2D eigenvalue weighted by atomic mass is 9.81. The number of anilines is 1. The number of ether oxygens (including phenoxy) is 1. The van der Waals surface area contributed by atoms with E-state index in [1.165, 1.54) is 19.3 Å². The molecule has 2 aliphatic rings. The van der Waals surface area contributed by atoms with Gasteiger partial charge in [0.25, 0.3) is 0 Å². The molecule has 0 amide bonds. The van der Waals surface area contributed by atoms with Gasteiger partial charge in [0.05, 0.1) is 19.3 Å². The van der Waals surface area contributed by atoms with Crippen molar-refractivity contribution in [3.05, 3.63) is 24.3 Å². The highest BCUT2D eigenvalue weighted by Crippen LogP contribution is 2.51. The van der Waals surface area contributed by atoms with E-state index in [9.17, 15) is 5.11 Å². The Hall–Kier alpha value is -1.22. The van der Waals surface area contributed by atoms with Gasteiger partial charge in [0.2, 0.25) is 0 Å². The van der Waals surface area contributed by atoms with E-state index < -0.39 is 0 Å². The van der Waals surface area contributed by atoms with Gasteiger partial charge in [-0.1, -0.05) is 6.07 Å². The Kier molecular flexibility index (Phi) is 2.94. The van der Waals surface area contributed by atoms with Gasteiger partial charge in [-0.05, 0) is 49.7 Å². The van der Waals surface area contributed by atoms with E-state index in [1.807, 2.05) is 24.3 Å². The lowest BCUT2D eigenvalue weighted by Crippen LogP contribution is -2.46. The second kappa shape index (κ2) is 4.47. The summed E-state index contributed by atoms with van der Waals surface area (Å²) in [6, 6.07) is 7.98. The highest BCUT2D eigenvalue weighted by molar-refractivity contribution is 5.51. The van der Waals surface area contributed by atoms with Crippen molar-refractivity contribution in [2.24, 2.45) is 11.8 Å². The van der Waals surface area contributed by atoms with Gasteiger partial charge >= 0.3 is 0 Å². The van der Waals surface area contributed by atoms with Gasteiger partial charge in [0.15, 0.2) is 0 Å². The molecule has 3 unspecified atom stereocenters. The quantitative estimate of drug-likeness (QED) is 0.859. The molecule has 0 heterocycles. The van der Waals surface area contributed by atoms with Gasteiger partial charge in [-0.25, -0.2) is 0 Å². The van der Waals surface area contributed by atoms with E-state index in [-0.39, 0.29) is 12.1 Å². The van der Waals surface area contributed by atoms with Crippen LogP contribution >= 0.6 is 0 Å². The molecule has 0 aliphatic heterocycles. The molecular formula is C15H21NO2. The number of aliphatic hydroxyl groups is 1. The maximum Gasteiger partial charge on any atom is 0.120 e. The van der Waals surface area contributed by atoms with Gasteiger partial charge in [-0.2, -0.15) is 0 Å². The van der Waals surface area contributed by atoms with Gasteiger partial charge in [-0.3, -0.25) is 0 Å². The SMILES string of the molecule is COc1cccc(NC2(CO)CC3CCC2C3)c1. The van der Waals surface area contributed by atoms with Crippen molar-refractivity contribution in [3.8, 4) is 5.75 Å². The topological polar surface area (TPSA) is 41.5 Å². The fourth-order valence-electron chi connectivity index (χ4n) is 3.82. The summed E-state index contributed by atoms with van der Waals surface area (Å²) < 4.78 is 5.25. The summed E-state index contributed by atoms with van der Waals surface area (Å²) in [6.45, 7) is 0.228. The van der Waals surface area contributed by atoms with Crippen LogP contribution in [-0.4, -0.2) is 24.4 Å². The Balaban J connectivity index is 1.81. The van der Waals surface area contributed by atoms with E-state index in [4.69, 9.17) is 4.74 Å². The molecule has 1 aromatic rings. The first-order valence-electron chi connectivity index (χ1n) is 6.79. The fourth-order valence-corrected chi connectivity index (χ4v) is 3.82. The molecule has 1 aromatic carbocycles. The lowest BCUT2D eigenvalue weighted by molar-refractivity contribution is 0.159. The monoisotopic (exact) mass is 247 g/mol. The van der Waals surface area contributed by atoms with E-state index in [1.54, 1.807) is 7.11 Å². The van der Waals surface area contributed by atoms with Gasteiger partial charge < -0.3 is 15.2 Å². The van der Waals surface area contributed by atoms with E-state index >= 15 is 0 Å². The van der Waals surface area contributed by atoms with Crippen LogP contribution in [0.15, 0.2) is 24.3 Å². The maximum absolute atomic E-state index is 9.83. The standard InChI is InChI=1S/C15H21NO2/c1-18-14-4-2-3-13(8-14)16-15(10-17)9-11-5-6-12(15)7-11/h2-4,8,11-12,16-17H,5-7,9-10H2,1H3. The number of hydrogen-bond acceptors (Lipinski definition) is 3. The second-order valence-electron chi connectivity index (χ2n) is 5.75. The van der Waals surface area contributed by atoms with Crippen LogP contribution in [0.4, 0.5) is 5.69 Å². The third-order valence-corrected chi connectivity index (χ3v) is 4.72. The summed E-state index contributed by atoms with van der Waals surface area (Å²) in [5.74, 6) is 2.29. The molecule has 2 aliphatic carbocycles. The fraction of sp³-hybridized carbons (Fsp3) is 0.600. The number of benzene rings is 1. The largest absolute Gasteiger partial charge is 0.497 e. The van der Waals surface area contributed by atoms with Crippen molar-refractivity contribution in [2.75, 3.05) is 19.0 Å². The minimum atomic E-state index is -0.102. The van der Waals surface area contributed by atoms with Crippen molar-refractivity contribution in [3.63, 3.8) is 0 Å². The molecule has 0 aromatic heterocycles. The van der Waals surface area contributed by atoms with E-state index in [0.29, 0.717) is 5.92 Å². The number of nitrogens with one attached hydrogen (secondary N) is 1. The number of hydrogen-bond donors (Lipinski definition) is 2. The van der Waals surface area contributed by atoms with Crippen LogP contribution in [0.3, 0.4) is 0 Å². The normalized spacial score (nSPS) is 33.7. The molecule has 3 atom stereocenters. The lowest BCUT2D eigenvalue weighted by Gasteiger charge is -2.38. The van der Waals surface area contributed by atoms with Crippen LogP contribution in [0.1, 0.15) is 25.7 Å². The molecular weight excluding hydrogens is 226 g/mol. The molecule has 3 rings (SSSR count). The average Bonchev–Trinajstić information content (AvgIpc) is 3.00. The second-order valence-corrected chi connectivity index (χ2v) is 5.75. The van der Waals surface area contributed by atoms with Gasteiger partial charge in [0.1, 0.15) is 5.75 Å². The molecule has 18 heavy (non-hydrogen) atoms. The number of fused-ring (bicyclic) bond motifs is 2. The Labute approximate surface area is 108 Å². The summed E-state index contributed by atoms with van der Waals surface area (Å²) in [5, 5.41) is 13.4. The summed E-state index contributed by atoms with van der Waals surface area (Å²) in [4.78, 5) is 0. The van der Waals surface area contributed by atoms with Crippen molar-refractivity contribution in [1.29, 1.82) is 0 Å². The van der Waals surface area contributed by atoms with Gasteiger partial charge in [0, 0.05) is 11.8 Å². The Morgan fingerprint density at radius 3 is 2.94 bits per heavy atom. The first kappa shape index (κ1) is 11.8. The molecule has 2 N–H and O–H groups in total. The van der Waals surface area contributed by atoms with Crippen LogP contribution in [0.2, 0.25) is 0 Å². The van der Waals surface area contributed by atoms with Crippen molar-refractivity contribution in [2.45, 2.75) is 31.2 Å². The van der Waals surface area contributed by atoms with Gasteiger partial charge in [-0.15, -0.1) is 0 Å². The summed E-state index contributed by atoms with van der Waals surface area (Å²) in [7, 11) is 1.68. The van der Waals surface area contributed by atoms with Crippen LogP contribution in [0, 0.1) is 11.8 Å². The van der Waals surface area contributed by atoms with Crippen LogP contribution in [0.25, 0.3) is 0 Å². The molecule has 3 nitrogen and oxygen atoms in total. The summed E-state index contributed by atoms with van der Waals surface area (Å²) in [5.41, 5.74) is 0.950. The molecule has 0 radical (unpaired) electrons. The summed E-state index contributed by atoms with van der Waals surface area (Å²) >= 11 is 0. The highest BCUT2D eigenvalue weighted by Gasteiger charge is 2.50. The number of aliphatic hydroxyl groups excluding tert-OH is 1. The molecule has 0 saturated heterocycles. The van der Waals surface area contributed by atoms with Crippen molar-refractivity contribution in [1.82, 2.24) is 0 Å². The molecule has 3 heteroatoms. The van der Waals surface area contributed by atoms with Crippen LogP contribution in [-0.2, 0) is 0 Å².